The fraction of sp³-hybridized carbons (Fsp3) is 0.208. The third-order valence-electron chi connectivity index (χ3n) is 5.55. The largest absolute Gasteiger partial charge is 0.368 e. The van der Waals surface area contributed by atoms with Crippen molar-refractivity contribution in [1.82, 2.24) is 0 Å². The van der Waals surface area contributed by atoms with Gasteiger partial charge in [-0.05, 0) is 43.3 Å². The Morgan fingerprint density at radius 3 is 1.88 bits per heavy atom. The Hall–Kier alpha value is -3.62. The van der Waals surface area contributed by atoms with Crippen LogP contribution in [-0.4, -0.2) is 32.1 Å². The van der Waals surface area contributed by atoms with E-state index >= 15 is 0 Å². The molecule has 0 saturated carbocycles. The third kappa shape index (κ3) is 4.48. The third-order valence-corrected chi connectivity index (χ3v) is 5.55. The minimum atomic E-state index is -2.16. The zero-order valence-electron chi connectivity index (χ0n) is 17.6. The number of nitrogens with one attached hydrogen (secondary N) is 1. The second-order valence-electron chi connectivity index (χ2n) is 7.76. The van der Waals surface area contributed by atoms with Gasteiger partial charge in [0.1, 0.15) is 5.69 Å². The molecule has 0 aromatic heterocycles. The second kappa shape index (κ2) is 9.09. The van der Waals surface area contributed by atoms with Gasteiger partial charge in [0.2, 0.25) is 5.82 Å². The highest BCUT2D eigenvalue weighted by Crippen LogP contribution is 2.31. The van der Waals surface area contributed by atoms with Gasteiger partial charge in [0.15, 0.2) is 23.3 Å². The summed E-state index contributed by atoms with van der Waals surface area (Å²) in [4.78, 5) is 15.5. The lowest BCUT2D eigenvalue weighted by atomic mass is 10.1. The first-order valence-corrected chi connectivity index (χ1v) is 10.3. The smallest absolute Gasteiger partial charge is 0.255 e. The molecule has 33 heavy (non-hydrogen) atoms. The first-order chi connectivity index (χ1) is 15.8. The molecule has 1 amide bonds. The van der Waals surface area contributed by atoms with Crippen molar-refractivity contribution in [3.05, 3.63) is 88.7 Å². The van der Waals surface area contributed by atoms with Gasteiger partial charge in [-0.1, -0.05) is 17.7 Å². The number of anilines is 3. The molecular formula is C24H20F5N3O. The molecule has 1 heterocycles. The molecule has 0 aliphatic carbocycles. The van der Waals surface area contributed by atoms with Gasteiger partial charge in [0, 0.05) is 43.1 Å². The average Bonchev–Trinajstić information content (AvgIpc) is 2.82. The van der Waals surface area contributed by atoms with Gasteiger partial charge in [0.05, 0.1) is 0 Å². The van der Waals surface area contributed by atoms with E-state index in [2.05, 4.69) is 5.32 Å². The van der Waals surface area contributed by atoms with E-state index in [1.165, 1.54) is 0 Å². The number of piperazine rings is 1. The van der Waals surface area contributed by atoms with E-state index in [4.69, 9.17) is 0 Å². The Morgan fingerprint density at radius 2 is 1.30 bits per heavy atom. The molecule has 1 aliphatic rings. The molecule has 1 saturated heterocycles. The van der Waals surface area contributed by atoms with Crippen LogP contribution in [0.1, 0.15) is 15.9 Å². The quantitative estimate of drug-likeness (QED) is 0.327. The Labute approximate surface area is 187 Å². The minimum absolute atomic E-state index is 0.0736. The molecule has 172 valence electrons. The average molecular weight is 461 g/mol. The molecule has 4 nitrogen and oxygen atoms in total. The molecule has 0 radical (unpaired) electrons. The molecule has 1 aliphatic heterocycles. The summed E-state index contributed by atoms with van der Waals surface area (Å²) in [6, 6.07) is 14.3. The number of nitrogens with zero attached hydrogens (tertiary/aromatic N) is 2. The molecule has 0 spiro atoms. The maximum Gasteiger partial charge on any atom is 0.255 e. The van der Waals surface area contributed by atoms with E-state index in [0.717, 1.165) is 16.2 Å². The van der Waals surface area contributed by atoms with Gasteiger partial charge >= 0.3 is 0 Å². The maximum absolute atomic E-state index is 14.1. The predicted octanol–water partition coefficient (Wildman–Crippen LogP) is 5.27. The number of hydrogen-bond donors (Lipinski definition) is 1. The molecule has 3 aromatic rings. The van der Waals surface area contributed by atoms with E-state index in [0.29, 0.717) is 24.3 Å². The lowest BCUT2D eigenvalue weighted by Gasteiger charge is -2.37. The molecule has 0 atom stereocenters. The Kier molecular flexibility index (Phi) is 6.22. The molecule has 0 bridgehead atoms. The summed E-state index contributed by atoms with van der Waals surface area (Å²) in [6.07, 6.45) is 0. The van der Waals surface area contributed by atoms with Crippen LogP contribution >= 0.6 is 0 Å². The molecule has 9 heteroatoms. The summed E-state index contributed by atoms with van der Waals surface area (Å²) >= 11 is 0. The van der Waals surface area contributed by atoms with Crippen LogP contribution in [0, 0.1) is 36.0 Å². The normalized spacial score (nSPS) is 13.9. The highest BCUT2D eigenvalue weighted by atomic mass is 19.2. The number of aryl methyl sites for hydroxylation is 1. The summed E-state index contributed by atoms with van der Waals surface area (Å²) in [7, 11) is 0. The lowest BCUT2D eigenvalue weighted by Crippen LogP contribution is -2.47. The maximum atomic E-state index is 14.1. The molecule has 1 N–H and O–H groups in total. The fourth-order valence-electron chi connectivity index (χ4n) is 3.80. The predicted molar refractivity (Wildman–Crippen MR) is 116 cm³/mol. The minimum Gasteiger partial charge on any atom is -0.368 e. The van der Waals surface area contributed by atoms with Crippen molar-refractivity contribution in [3.8, 4) is 0 Å². The van der Waals surface area contributed by atoms with Crippen LogP contribution in [0.5, 0.6) is 0 Å². The van der Waals surface area contributed by atoms with E-state index in [-0.39, 0.29) is 19.0 Å². The van der Waals surface area contributed by atoms with Crippen molar-refractivity contribution in [3.63, 3.8) is 0 Å². The number of carbonyl (C=O) groups is 1. The first-order valence-electron chi connectivity index (χ1n) is 10.3. The highest BCUT2D eigenvalue weighted by Gasteiger charge is 2.30. The van der Waals surface area contributed by atoms with Crippen LogP contribution in [0.2, 0.25) is 0 Å². The molecular weight excluding hydrogens is 441 g/mol. The van der Waals surface area contributed by atoms with Crippen molar-refractivity contribution in [1.29, 1.82) is 0 Å². The summed E-state index contributed by atoms with van der Waals surface area (Å²) in [6.45, 7) is 2.68. The number of hydrogen-bond acceptors (Lipinski definition) is 3. The van der Waals surface area contributed by atoms with Crippen LogP contribution in [0.25, 0.3) is 0 Å². The number of halogens is 5. The number of benzene rings is 3. The monoisotopic (exact) mass is 461 g/mol. The number of carbonyl (C=O) groups excluding carboxylic acids is 1. The van der Waals surface area contributed by atoms with Crippen molar-refractivity contribution in [2.24, 2.45) is 0 Å². The number of amides is 1. The number of rotatable bonds is 4. The second-order valence-corrected chi connectivity index (χ2v) is 7.76. The lowest BCUT2D eigenvalue weighted by molar-refractivity contribution is 0.102. The van der Waals surface area contributed by atoms with Gasteiger partial charge in [0.25, 0.3) is 5.91 Å². The zero-order chi connectivity index (χ0) is 23.7. The molecule has 3 aromatic carbocycles. The first kappa shape index (κ1) is 22.6. The van der Waals surface area contributed by atoms with E-state index in [1.807, 2.05) is 17.9 Å². The van der Waals surface area contributed by atoms with Gasteiger partial charge < -0.3 is 15.1 Å². The van der Waals surface area contributed by atoms with Crippen LogP contribution in [0.4, 0.5) is 39.0 Å². The Bertz CT molecular complexity index is 1160. The Balaban J connectivity index is 1.41. The fourth-order valence-corrected chi connectivity index (χ4v) is 3.80. The molecule has 4 rings (SSSR count). The van der Waals surface area contributed by atoms with Gasteiger partial charge in [-0.15, -0.1) is 0 Å². The van der Waals surface area contributed by atoms with Crippen LogP contribution in [0.3, 0.4) is 0 Å². The van der Waals surface area contributed by atoms with Crippen LogP contribution < -0.4 is 15.1 Å². The van der Waals surface area contributed by atoms with Crippen molar-refractivity contribution >= 4 is 23.0 Å². The van der Waals surface area contributed by atoms with Gasteiger partial charge in [-0.3, -0.25) is 4.79 Å². The molecule has 0 unspecified atom stereocenters. The summed E-state index contributed by atoms with van der Waals surface area (Å²) in [5, 5.41) is 2.82. The molecule has 1 fully saturated rings. The highest BCUT2D eigenvalue weighted by molar-refractivity contribution is 6.04. The summed E-state index contributed by atoms with van der Waals surface area (Å²) in [5.74, 6) is -9.95. The van der Waals surface area contributed by atoms with E-state index in [9.17, 15) is 26.7 Å². The van der Waals surface area contributed by atoms with Crippen LogP contribution in [0.15, 0.2) is 48.5 Å². The van der Waals surface area contributed by atoms with Crippen molar-refractivity contribution in [2.45, 2.75) is 6.92 Å². The SMILES string of the molecule is Cc1cccc(C(=O)Nc2ccc(N3CCN(c4c(F)c(F)c(F)c(F)c4F)CC3)cc2)c1. The van der Waals surface area contributed by atoms with Gasteiger partial charge in [-0.25, -0.2) is 22.0 Å². The van der Waals surface area contributed by atoms with Crippen molar-refractivity contribution < 1.29 is 26.7 Å². The van der Waals surface area contributed by atoms with E-state index < -0.39 is 34.8 Å². The van der Waals surface area contributed by atoms with E-state index in [1.54, 1.807) is 42.5 Å². The van der Waals surface area contributed by atoms with Crippen LogP contribution in [-0.2, 0) is 0 Å². The topological polar surface area (TPSA) is 35.6 Å². The van der Waals surface area contributed by atoms with Crippen molar-refractivity contribution in [2.75, 3.05) is 41.3 Å². The Morgan fingerprint density at radius 1 is 0.758 bits per heavy atom. The summed E-state index contributed by atoms with van der Waals surface area (Å²) in [5.41, 5.74) is 2.03. The summed E-state index contributed by atoms with van der Waals surface area (Å²) < 4.78 is 68.5. The standard InChI is InChI=1S/C24H20F5N3O/c1-14-3-2-4-15(13-14)24(33)30-16-5-7-17(8-6-16)31-9-11-32(12-10-31)23-21(28)19(26)18(25)20(27)22(23)29/h2-8,13H,9-12H2,1H3,(H,30,33). The van der Waals surface area contributed by atoms with Gasteiger partial charge in [-0.2, -0.15) is 0 Å². The zero-order valence-corrected chi connectivity index (χ0v) is 17.6.